The number of hydrogen-bond acceptors (Lipinski definition) is 6. The minimum Gasteiger partial charge on any atom is -0.457 e. The van der Waals surface area contributed by atoms with Gasteiger partial charge in [0.15, 0.2) is 11.5 Å². The largest absolute Gasteiger partial charge is 0.457 e. The zero-order valence-corrected chi connectivity index (χ0v) is 20.0. The van der Waals surface area contributed by atoms with Crippen LogP contribution in [0.5, 0.6) is 11.5 Å². The van der Waals surface area contributed by atoms with Crippen LogP contribution in [0.1, 0.15) is 13.3 Å². The topological polar surface area (TPSA) is 117 Å². The zero-order chi connectivity index (χ0) is 25.8. The van der Waals surface area contributed by atoms with Crippen molar-refractivity contribution in [2.45, 2.75) is 13.3 Å². The summed E-state index contributed by atoms with van der Waals surface area (Å²) >= 11 is 0. The molecule has 9 nitrogen and oxygen atoms in total. The van der Waals surface area contributed by atoms with Gasteiger partial charge in [-0.1, -0.05) is 37.3 Å². The summed E-state index contributed by atoms with van der Waals surface area (Å²) in [5, 5.41) is 2.81. The molecule has 0 spiro atoms. The number of ether oxygens (including phenoxy) is 1. The molecular weight excluding hydrogens is 468 g/mol. The van der Waals surface area contributed by atoms with E-state index in [-0.39, 0.29) is 17.4 Å². The maximum absolute atomic E-state index is 13.8. The van der Waals surface area contributed by atoms with Crippen LogP contribution in [0, 0.1) is 0 Å². The number of fused-ring (bicyclic) bond motifs is 1. The van der Waals surface area contributed by atoms with Crippen molar-refractivity contribution in [1.29, 1.82) is 0 Å². The van der Waals surface area contributed by atoms with E-state index in [1.807, 2.05) is 37.3 Å². The Morgan fingerprint density at radius 2 is 1.70 bits per heavy atom. The number of carbonyl (C=O) groups excluding carboxylic acids is 1. The van der Waals surface area contributed by atoms with Crippen LogP contribution in [-0.2, 0) is 4.79 Å². The Balaban J connectivity index is 1.57. The Bertz CT molecular complexity index is 1650. The summed E-state index contributed by atoms with van der Waals surface area (Å²) in [5.74, 6) is 1.24. The zero-order valence-electron chi connectivity index (χ0n) is 20.0. The van der Waals surface area contributed by atoms with E-state index < -0.39 is 0 Å². The number of imidazole rings is 1. The highest BCUT2D eigenvalue weighted by molar-refractivity contribution is 5.99. The summed E-state index contributed by atoms with van der Waals surface area (Å²) in [7, 11) is 0. The Morgan fingerprint density at radius 1 is 0.946 bits per heavy atom. The summed E-state index contributed by atoms with van der Waals surface area (Å²) in [5.41, 5.74) is 8.19. The van der Waals surface area contributed by atoms with E-state index in [1.165, 1.54) is 21.5 Å². The van der Waals surface area contributed by atoms with Gasteiger partial charge >= 0.3 is 5.69 Å². The van der Waals surface area contributed by atoms with Gasteiger partial charge in [0.2, 0.25) is 5.91 Å². The number of aromatic nitrogens is 4. The Kier molecular flexibility index (Phi) is 6.50. The van der Waals surface area contributed by atoms with Gasteiger partial charge in [-0.15, -0.1) is 0 Å². The molecule has 0 atom stereocenters. The summed E-state index contributed by atoms with van der Waals surface area (Å²) in [6.45, 7) is 1.95. The standard InChI is InChI=1S/C28H24N6O3/c1-2-3-12-24(35)32-19-8-7-9-21(17-19)34-27-25(26(29)30-18-31-27)33(28(34)36)20-13-15-23(16-14-20)37-22-10-5-4-6-11-22/h3-18H,2H2,1H3,(H,32,35)(H2,29,30,31)/b12-3+. The number of nitrogen functional groups attached to an aromatic ring is 1. The van der Waals surface area contributed by atoms with Gasteiger partial charge < -0.3 is 15.8 Å². The lowest BCUT2D eigenvalue weighted by Crippen LogP contribution is -2.22. The van der Waals surface area contributed by atoms with Crippen LogP contribution in [0.2, 0.25) is 0 Å². The molecule has 0 unspecified atom stereocenters. The van der Waals surface area contributed by atoms with E-state index in [0.29, 0.717) is 39.7 Å². The molecule has 184 valence electrons. The van der Waals surface area contributed by atoms with Crippen LogP contribution in [0.25, 0.3) is 22.5 Å². The Morgan fingerprint density at radius 3 is 2.46 bits per heavy atom. The van der Waals surface area contributed by atoms with Gasteiger partial charge in [0.25, 0.3) is 0 Å². The first-order chi connectivity index (χ1) is 18.0. The SMILES string of the molecule is CC/C=C/C(=O)Nc1cccc(-n2c(=O)n(-c3ccc(Oc4ccccc4)cc3)c3c(N)ncnc32)c1. The van der Waals surface area contributed by atoms with Crippen LogP contribution in [0.3, 0.4) is 0 Å². The third-order valence-electron chi connectivity index (χ3n) is 5.60. The fourth-order valence-corrected chi connectivity index (χ4v) is 3.94. The van der Waals surface area contributed by atoms with Gasteiger partial charge in [-0.25, -0.2) is 19.3 Å². The number of benzene rings is 3. The number of nitrogens with two attached hydrogens (primary N) is 1. The van der Waals surface area contributed by atoms with E-state index in [4.69, 9.17) is 10.5 Å². The van der Waals surface area contributed by atoms with Gasteiger partial charge in [-0.05, 0) is 67.1 Å². The molecule has 0 saturated heterocycles. The van der Waals surface area contributed by atoms with Gasteiger partial charge in [0.05, 0.1) is 11.4 Å². The Hall–Kier alpha value is -5.18. The van der Waals surface area contributed by atoms with Crippen molar-refractivity contribution in [1.82, 2.24) is 19.1 Å². The predicted molar refractivity (Wildman–Crippen MR) is 143 cm³/mol. The van der Waals surface area contributed by atoms with Crippen molar-refractivity contribution in [3.63, 3.8) is 0 Å². The normalized spacial score (nSPS) is 11.2. The summed E-state index contributed by atoms with van der Waals surface area (Å²) in [6, 6.07) is 23.5. The third kappa shape index (κ3) is 4.83. The van der Waals surface area contributed by atoms with Crippen LogP contribution in [-0.4, -0.2) is 25.0 Å². The fourth-order valence-electron chi connectivity index (χ4n) is 3.94. The molecule has 0 bridgehead atoms. The maximum Gasteiger partial charge on any atom is 0.339 e. The van der Waals surface area contributed by atoms with Crippen LogP contribution >= 0.6 is 0 Å². The predicted octanol–water partition coefficient (Wildman–Crippen LogP) is 4.85. The van der Waals surface area contributed by atoms with Gasteiger partial charge in [-0.2, -0.15) is 0 Å². The lowest BCUT2D eigenvalue weighted by molar-refractivity contribution is -0.111. The van der Waals surface area contributed by atoms with E-state index in [2.05, 4.69) is 15.3 Å². The molecule has 0 radical (unpaired) electrons. The maximum atomic E-state index is 13.8. The minimum absolute atomic E-state index is 0.166. The van der Waals surface area contributed by atoms with Crippen molar-refractivity contribution in [3.8, 4) is 22.9 Å². The highest BCUT2D eigenvalue weighted by atomic mass is 16.5. The number of carbonyl (C=O) groups is 1. The molecule has 2 heterocycles. The first-order valence-electron chi connectivity index (χ1n) is 11.7. The smallest absolute Gasteiger partial charge is 0.339 e. The summed E-state index contributed by atoms with van der Waals surface area (Å²) < 4.78 is 8.78. The number of allylic oxidation sites excluding steroid dienone is 1. The second-order valence-corrected chi connectivity index (χ2v) is 8.14. The first kappa shape index (κ1) is 23.6. The third-order valence-corrected chi connectivity index (χ3v) is 5.60. The number of para-hydroxylation sites is 1. The average Bonchev–Trinajstić information content (AvgIpc) is 3.21. The molecule has 5 aromatic rings. The van der Waals surface area contributed by atoms with Crippen molar-refractivity contribution in [3.05, 3.63) is 108 Å². The van der Waals surface area contributed by atoms with Crippen LogP contribution in [0.15, 0.2) is 102 Å². The fraction of sp³-hybridized carbons (Fsp3) is 0.0714. The molecule has 0 saturated carbocycles. The second-order valence-electron chi connectivity index (χ2n) is 8.14. The van der Waals surface area contributed by atoms with Crippen LogP contribution < -0.4 is 21.5 Å². The summed E-state index contributed by atoms with van der Waals surface area (Å²) in [6.07, 6.45) is 5.32. The lowest BCUT2D eigenvalue weighted by Gasteiger charge is -2.08. The molecule has 0 fully saturated rings. The van der Waals surface area contributed by atoms with E-state index in [9.17, 15) is 9.59 Å². The molecule has 1 amide bonds. The molecule has 0 aliphatic rings. The van der Waals surface area contributed by atoms with E-state index in [1.54, 1.807) is 54.6 Å². The second kappa shape index (κ2) is 10.2. The molecule has 0 aliphatic carbocycles. The molecule has 3 N–H and O–H groups in total. The molecule has 3 aromatic carbocycles. The van der Waals surface area contributed by atoms with Gasteiger partial charge in [-0.3, -0.25) is 9.36 Å². The number of nitrogens with one attached hydrogen (secondary N) is 1. The van der Waals surface area contributed by atoms with E-state index in [0.717, 1.165) is 6.42 Å². The number of nitrogens with zero attached hydrogens (tertiary/aromatic N) is 4. The Labute approximate surface area is 212 Å². The average molecular weight is 493 g/mol. The molecule has 9 heteroatoms. The number of amides is 1. The van der Waals surface area contributed by atoms with E-state index >= 15 is 0 Å². The highest BCUT2D eigenvalue weighted by Gasteiger charge is 2.20. The van der Waals surface area contributed by atoms with Crippen molar-refractivity contribution in [2.24, 2.45) is 0 Å². The summed E-state index contributed by atoms with van der Waals surface area (Å²) in [4.78, 5) is 34.4. The number of hydrogen-bond donors (Lipinski definition) is 2. The van der Waals surface area contributed by atoms with Gasteiger partial charge in [0, 0.05) is 5.69 Å². The number of rotatable bonds is 7. The molecule has 0 aliphatic heterocycles. The van der Waals surface area contributed by atoms with Crippen LogP contribution in [0.4, 0.5) is 11.5 Å². The van der Waals surface area contributed by atoms with Gasteiger partial charge in [0.1, 0.15) is 23.3 Å². The lowest BCUT2D eigenvalue weighted by atomic mass is 10.2. The molecule has 37 heavy (non-hydrogen) atoms. The highest BCUT2D eigenvalue weighted by Crippen LogP contribution is 2.26. The van der Waals surface area contributed by atoms with Crippen molar-refractivity contribution < 1.29 is 9.53 Å². The quantitative estimate of drug-likeness (QED) is 0.314. The minimum atomic E-state index is -0.381. The van der Waals surface area contributed by atoms with Crippen molar-refractivity contribution in [2.75, 3.05) is 11.1 Å². The molecular formula is C28H24N6O3. The van der Waals surface area contributed by atoms with Crippen molar-refractivity contribution >= 4 is 28.6 Å². The number of anilines is 2. The molecule has 5 rings (SSSR count). The monoisotopic (exact) mass is 492 g/mol. The first-order valence-corrected chi connectivity index (χ1v) is 11.7. The molecule has 2 aromatic heterocycles.